The first-order chi connectivity index (χ1) is 8.13. The third-order valence-corrected chi connectivity index (χ3v) is 4.85. The molecule has 2 rings (SSSR count). The van der Waals surface area contributed by atoms with Crippen LogP contribution in [0, 0.1) is 11.3 Å². The third kappa shape index (κ3) is 3.32. The van der Waals surface area contributed by atoms with Crippen LogP contribution in [0.25, 0.3) is 0 Å². The minimum atomic E-state index is 0.422. The van der Waals surface area contributed by atoms with Crippen molar-refractivity contribution in [2.75, 3.05) is 26.2 Å². The number of nitrogens with two attached hydrogens (primary N) is 1. The van der Waals surface area contributed by atoms with E-state index in [1.807, 2.05) is 0 Å². The van der Waals surface area contributed by atoms with Gasteiger partial charge in [-0.05, 0) is 44.1 Å². The molecule has 2 nitrogen and oxygen atoms in total. The van der Waals surface area contributed by atoms with Crippen molar-refractivity contribution in [3.63, 3.8) is 0 Å². The highest BCUT2D eigenvalue weighted by atomic mass is 15.1. The van der Waals surface area contributed by atoms with Crippen LogP contribution in [0.5, 0.6) is 0 Å². The number of nitrogens with zero attached hydrogens (tertiary/aromatic N) is 1. The summed E-state index contributed by atoms with van der Waals surface area (Å²) in [5.74, 6) is 0.915. The Bertz CT molecular complexity index is 275. The summed E-state index contributed by atoms with van der Waals surface area (Å²) >= 11 is 0. The van der Waals surface area contributed by atoms with E-state index in [4.69, 9.17) is 5.73 Å². The molecule has 2 aliphatic rings. The van der Waals surface area contributed by atoms with Gasteiger partial charge in [0.05, 0.1) is 0 Å². The zero-order valence-electron chi connectivity index (χ0n) is 11.5. The second kappa shape index (κ2) is 5.53. The van der Waals surface area contributed by atoms with Gasteiger partial charge in [0.25, 0.3) is 0 Å². The van der Waals surface area contributed by atoms with E-state index in [0.29, 0.717) is 5.41 Å². The van der Waals surface area contributed by atoms with Crippen molar-refractivity contribution in [2.45, 2.75) is 46.0 Å². The summed E-state index contributed by atoms with van der Waals surface area (Å²) in [6, 6.07) is 0. The Hall–Kier alpha value is -0.340. The molecule has 1 saturated carbocycles. The molecule has 1 aliphatic heterocycles. The van der Waals surface area contributed by atoms with Crippen molar-refractivity contribution in [1.29, 1.82) is 0 Å². The molecule has 0 aromatic heterocycles. The lowest BCUT2D eigenvalue weighted by Gasteiger charge is -2.42. The minimum Gasteiger partial charge on any atom is -0.330 e. The van der Waals surface area contributed by atoms with E-state index in [9.17, 15) is 0 Å². The van der Waals surface area contributed by atoms with Gasteiger partial charge < -0.3 is 5.73 Å². The monoisotopic (exact) mass is 236 g/mol. The number of hydrogen-bond donors (Lipinski definition) is 1. The van der Waals surface area contributed by atoms with Gasteiger partial charge >= 0.3 is 0 Å². The van der Waals surface area contributed by atoms with E-state index in [0.717, 1.165) is 19.0 Å². The van der Waals surface area contributed by atoms with Gasteiger partial charge in [0, 0.05) is 19.6 Å². The molecule has 17 heavy (non-hydrogen) atoms. The van der Waals surface area contributed by atoms with Gasteiger partial charge in [-0.3, -0.25) is 4.90 Å². The Morgan fingerprint density at radius 2 is 2.12 bits per heavy atom. The molecule has 1 heterocycles. The second-order valence-electron chi connectivity index (χ2n) is 6.42. The quantitative estimate of drug-likeness (QED) is 0.764. The predicted molar refractivity (Wildman–Crippen MR) is 73.9 cm³/mol. The predicted octanol–water partition coefficient (Wildman–Crippen LogP) is 2.79. The van der Waals surface area contributed by atoms with Crippen molar-refractivity contribution >= 4 is 0 Å². The summed E-state index contributed by atoms with van der Waals surface area (Å²) in [4.78, 5) is 2.61. The third-order valence-electron chi connectivity index (χ3n) is 4.85. The average Bonchev–Trinajstić information content (AvgIpc) is 2.35. The van der Waals surface area contributed by atoms with Crippen LogP contribution in [0.1, 0.15) is 46.0 Å². The first-order valence-corrected chi connectivity index (χ1v) is 7.22. The summed E-state index contributed by atoms with van der Waals surface area (Å²) in [5.41, 5.74) is 8.06. The van der Waals surface area contributed by atoms with Crippen LogP contribution < -0.4 is 5.73 Å². The van der Waals surface area contributed by atoms with E-state index in [1.54, 1.807) is 5.57 Å². The van der Waals surface area contributed by atoms with Gasteiger partial charge in [-0.25, -0.2) is 0 Å². The molecular formula is C15H28N2. The SMILES string of the molecule is CC1=CCN(CC2(CN)CCC(C)CC2)CC1. The highest BCUT2D eigenvalue weighted by molar-refractivity contribution is 5.04. The van der Waals surface area contributed by atoms with Gasteiger partial charge in [-0.2, -0.15) is 0 Å². The summed E-state index contributed by atoms with van der Waals surface area (Å²) in [6.45, 7) is 9.10. The van der Waals surface area contributed by atoms with Gasteiger partial charge in [0.2, 0.25) is 0 Å². The van der Waals surface area contributed by atoms with Gasteiger partial charge in [-0.15, -0.1) is 0 Å². The Labute approximate surface area is 106 Å². The first-order valence-electron chi connectivity index (χ1n) is 7.22. The molecule has 0 atom stereocenters. The molecule has 1 fully saturated rings. The molecule has 0 aromatic carbocycles. The summed E-state index contributed by atoms with van der Waals surface area (Å²) in [5, 5.41) is 0. The van der Waals surface area contributed by atoms with Crippen LogP contribution in [-0.2, 0) is 0 Å². The molecule has 2 heteroatoms. The maximum Gasteiger partial charge on any atom is 0.0166 e. The van der Waals surface area contributed by atoms with Crippen LogP contribution in [0.4, 0.5) is 0 Å². The van der Waals surface area contributed by atoms with E-state index < -0.39 is 0 Å². The zero-order valence-corrected chi connectivity index (χ0v) is 11.5. The molecule has 0 unspecified atom stereocenters. The highest BCUT2D eigenvalue weighted by Crippen LogP contribution is 2.39. The molecule has 0 radical (unpaired) electrons. The molecule has 1 aliphatic carbocycles. The first kappa shape index (κ1) is 13.1. The van der Waals surface area contributed by atoms with Crippen LogP contribution in [0.2, 0.25) is 0 Å². The van der Waals surface area contributed by atoms with Crippen LogP contribution >= 0.6 is 0 Å². The van der Waals surface area contributed by atoms with E-state index in [1.165, 1.54) is 45.2 Å². The van der Waals surface area contributed by atoms with Gasteiger partial charge in [0.1, 0.15) is 0 Å². The van der Waals surface area contributed by atoms with Crippen LogP contribution in [-0.4, -0.2) is 31.1 Å². The molecule has 2 N–H and O–H groups in total. The van der Waals surface area contributed by atoms with E-state index in [-0.39, 0.29) is 0 Å². The molecule has 0 amide bonds. The lowest BCUT2D eigenvalue weighted by atomic mass is 9.70. The standard InChI is InChI=1S/C15H28N2/c1-13-3-7-15(11-16,8-4-13)12-17-9-5-14(2)6-10-17/h5,13H,3-4,6-12,16H2,1-2H3. The van der Waals surface area contributed by atoms with Crippen molar-refractivity contribution in [3.05, 3.63) is 11.6 Å². The van der Waals surface area contributed by atoms with Crippen LogP contribution in [0.3, 0.4) is 0 Å². The fourth-order valence-corrected chi connectivity index (χ4v) is 3.23. The summed E-state index contributed by atoms with van der Waals surface area (Å²) in [7, 11) is 0. The van der Waals surface area contributed by atoms with Crippen molar-refractivity contribution in [1.82, 2.24) is 4.90 Å². The molecule has 0 spiro atoms. The Balaban J connectivity index is 1.91. The topological polar surface area (TPSA) is 29.3 Å². The molecular weight excluding hydrogens is 208 g/mol. The average molecular weight is 236 g/mol. The Kier molecular flexibility index (Phi) is 4.26. The zero-order chi connectivity index (χ0) is 12.3. The fourth-order valence-electron chi connectivity index (χ4n) is 3.23. The fraction of sp³-hybridized carbons (Fsp3) is 0.867. The molecule has 98 valence electrons. The van der Waals surface area contributed by atoms with Gasteiger partial charge in [0.15, 0.2) is 0 Å². The molecule has 0 aromatic rings. The van der Waals surface area contributed by atoms with Gasteiger partial charge in [-0.1, -0.05) is 31.4 Å². The maximum atomic E-state index is 6.09. The van der Waals surface area contributed by atoms with E-state index >= 15 is 0 Å². The summed E-state index contributed by atoms with van der Waals surface area (Å²) < 4.78 is 0. The summed E-state index contributed by atoms with van der Waals surface area (Å²) in [6.07, 6.45) is 9.06. The smallest absolute Gasteiger partial charge is 0.0166 e. The van der Waals surface area contributed by atoms with Crippen LogP contribution in [0.15, 0.2) is 11.6 Å². The lowest BCUT2D eigenvalue weighted by molar-refractivity contribution is 0.0991. The largest absolute Gasteiger partial charge is 0.330 e. The van der Waals surface area contributed by atoms with Crippen molar-refractivity contribution in [2.24, 2.45) is 17.1 Å². The normalized spacial score (nSPS) is 35.7. The number of hydrogen-bond acceptors (Lipinski definition) is 2. The van der Waals surface area contributed by atoms with E-state index in [2.05, 4.69) is 24.8 Å². The Morgan fingerprint density at radius 1 is 1.41 bits per heavy atom. The lowest BCUT2D eigenvalue weighted by Crippen LogP contribution is -2.45. The van der Waals surface area contributed by atoms with Crippen molar-refractivity contribution in [3.8, 4) is 0 Å². The molecule has 0 bridgehead atoms. The number of rotatable bonds is 3. The minimum absolute atomic E-state index is 0.422. The second-order valence-corrected chi connectivity index (χ2v) is 6.42. The Morgan fingerprint density at radius 3 is 2.65 bits per heavy atom. The molecule has 0 saturated heterocycles. The van der Waals surface area contributed by atoms with Crippen molar-refractivity contribution < 1.29 is 0 Å². The maximum absolute atomic E-state index is 6.09. The highest BCUT2D eigenvalue weighted by Gasteiger charge is 2.34.